The number of nitrogen functional groups attached to an aromatic ring is 1. The summed E-state index contributed by atoms with van der Waals surface area (Å²) in [4.78, 5) is 4.50. The molecule has 1 heterocycles. The SMILES string of the molecule is Nc1ccc2nc(CSC3CCCCC3)oc2c1. The van der Waals surface area contributed by atoms with Gasteiger partial charge >= 0.3 is 0 Å². The van der Waals surface area contributed by atoms with E-state index in [0.717, 1.165) is 33.7 Å². The van der Waals surface area contributed by atoms with E-state index in [4.69, 9.17) is 10.2 Å². The molecule has 0 spiro atoms. The van der Waals surface area contributed by atoms with Crippen LogP contribution in [0.15, 0.2) is 22.6 Å². The van der Waals surface area contributed by atoms with E-state index in [1.807, 2.05) is 30.0 Å². The molecule has 0 amide bonds. The molecule has 0 aliphatic heterocycles. The summed E-state index contributed by atoms with van der Waals surface area (Å²) >= 11 is 1.98. The Labute approximate surface area is 111 Å². The molecule has 4 heteroatoms. The Morgan fingerprint density at radius 2 is 2.11 bits per heavy atom. The highest BCUT2D eigenvalue weighted by Crippen LogP contribution is 2.31. The summed E-state index contributed by atoms with van der Waals surface area (Å²) in [7, 11) is 0. The lowest BCUT2D eigenvalue weighted by molar-refractivity contribution is 0.513. The van der Waals surface area contributed by atoms with E-state index in [0.29, 0.717) is 0 Å². The molecule has 1 aromatic heterocycles. The Balaban J connectivity index is 1.67. The van der Waals surface area contributed by atoms with Crippen LogP contribution in [0, 0.1) is 0 Å². The van der Waals surface area contributed by atoms with Crippen LogP contribution >= 0.6 is 11.8 Å². The van der Waals surface area contributed by atoms with E-state index in [-0.39, 0.29) is 0 Å². The summed E-state index contributed by atoms with van der Waals surface area (Å²) in [6.45, 7) is 0. The van der Waals surface area contributed by atoms with Gasteiger partial charge in [-0.2, -0.15) is 0 Å². The van der Waals surface area contributed by atoms with Gasteiger partial charge < -0.3 is 10.2 Å². The van der Waals surface area contributed by atoms with Crippen molar-refractivity contribution in [1.29, 1.82) is 0 Å². The molecular formula is C14H18N2OS. The van der Waals surface area contributed by atoms with Crippen LogP contribution in [0.4, 0.5) is 5.69 Å². The van der Waals surface area contributed by atoms with E-state index in [1.165, 1.54) is 32.1 Å². The second-order valence-electron chi connectivity index (χ2n) is 4.91. The van der Waals surface area contributed by atoms with Gasteiger partial charge in [0.2, 0.25) is 5.89 Å². The van der Waals surface area contributed by atoms with Gasteiger partial charge in [-0.1, -0.05) is 19.3 Å². The van der Waals surface area contributed by atoms with E-state index >= 15 is 0 Å². The Morgan fingerprint density at radius 1 is 1.28 bits per heavy atom. The maximum absolute atomic E-state index is 5.73. The van der Waals surface area contributed by atoms with Crippen molar-refractivity contribution in [2.75, 3.05) is 5.73 Å². The summed E-state index contributed by atoms with van der Waals surface area (Å²) in [5.41, 5.74) is 8.16. The maximum Gasteiger partial charge on any atom is 0.205 e. The zero-order chi connectivity index (χ0) is 12.4. The largest absolute Gasteiger partial charge is 0.440 e. The molecule has 3 nitrogen and oxygen atoms in total. The van der Waals surface area contributed by atoms with E-state index < -0.39 is 0 Å². The van der Waals surface area contributed by atoms with Gasteiger partial charge in [-0.3, -0.25) is 0 Å². The fraction of sp³-hybridized carbons (Fsp3) is 0.500. The van der Waals surface area contributed by atoms with Crippen LogP contribution in [0.2, 0.25) is 0 Å². The third-order valence-corrected chi connectivity index (χ3v) is 4.81. The monoisotopic (exact) mass is 262 g/mol. The van der Waals surface area contributed by atoms with Crippen molar-refractivity contribution >= 4 is 28.5 Å². The first kappa shape index (κ1) is 11.9. The van der Waals surface area contributed by atoms with Crippen LogP contribution in [-0.4, -0.2) is 10.2 Å². The molecule has 0 saturated heterocycles. The van der Waals surface area contributed by atoms with E-state index in [1.54, 1.807) is 0 Å². The van der Waals surface area contributed by atoms with Crippen molar-refractivity contribution in [3.05, 3.63) is 24.1 Å². The molecule has 1 fully saturated rings. The molecule has 3 rings (SSSR count). The summed E-state index contributed by atoms with van der Waals surface area (Å²) < 4.78 is 5.73. The smallest absolute Gasteiger partial charge is 0.205 e. The molecule has 1 aliphatic carbocycles. The molecule has 1 aliphatic rings. The lowest BCUT2D eigenvalue weighted by Gasteiger charge is -2.20. The lowest BCUT2D eigenvalue weighted by Crippen LogP contribution is -2.08. The molecule has 2 N–H and O–H groups in total. The Hall–Kier alpha value is -1.16. The zero-order valence-electron chi connectivity index (χ0n) is 10.4. The highest BCUT2D eigenvalue weighted by Gasteiger charge is 2.15. The minimum atomic E-state index is 0.727. The Bertz CT molecular complexity index is 532. The van der Waals surface area contributed by atoms with Crippen molar-refractivity contribution in [1.82, 2.24) is 4.98 Å². The number of fused-ring (bicyclic) bond motifs is 1. The van der Waals surface area contributed by atoms with E-state index in [9.17, 15) is 0 Å². The number of hydrogen-bond donors (Lipinski definition) is 1. The Kier molecular flexibility index (Phi) is 3.46. The lowest BCUT2D eigenvalue weighted by atomic mass is 10.0. The summed E-state index contributed by atoms with van der Waals surface area (Å²) in [6, 6.07) is 5.63. The summed E-state index contributed by atoms with van der Waals surface area (Å²) in [5, 5.41) is 0.791. The number of aromatic nitrogens is 1. The minimum absolute atomic E-state index is 0.727. The van der Waals surface area contributed by atoms with Gasteiger partial charge in [-0.15, -0.1) is 11.8 Å². The first-order valence-corrected chi connectivity index (χ1v) is 7.63. The van der Waals surface area contributed by atoms with Crippen molar-refractivity contribution in [3.8, 4) is 0 Å². The predicted octanol–water partition coefficient (Wildman–Crippen LogP) is 3.98. The minimum Gasteiger partial charge on any atom is -0.440 e. The molecule has 96 valence electrons. The molecular weight excluding hydrogens is 244 g/mol. The average molecular weight is 262 g/mol. The molecule has 2 aromatic rings. The third kappa shape index (κ3) is 2.64. The van der Waals surface area contributed by atoms with Crippen LogP contribution in [0.3, 0.4) is 0 Å². The normalized spacial score (nSPS) is 17.3. The molecule has 18 heavy (non-hydrogen) atoms. The molecule has 1 saturated carbocycles. The van der Waals surface area contributed by atoms with Crippen LogP contribution < -0.4 is 5.73 Å². The van der Waals surface area contributed by atoms with Crippen LogP contribution in [0.25, 0.3) is 11.1 Å². The summed E-state index contributed by atoms with van der Waals surface area (Å²) in [6.07, 6.45) is 6.85. The number of hydrogen-bond acceptors (Lipinski definition) is 4. The number of thioether (sulfide) groups is 1. The fourth-order valence-corrected chi connectivity index (χ4v) is 3.64. The third-order valence-electron chi connectivity index (χ3n) is 3.45. The average Bonchev–Trinajstić information content (AvgIpc) is 2.79. The molecule has 0 atom stereocenters. The number of benzene rings is 1. The second-order valence-corrected chi connectivity index (χ2v) is 6.19. The Morgan fingerprint density at radius 3 is 2.94 bits per heavy atom. The number of rotatable bonds is 3. The van der Waals surface area contributed by atoms with Gasteiger partial charge in [0.1, 0.15) is 5.52 Å². The van der Waals surface area contributed by atoms with E-state index in [2.05, 4.69) is 4.98 Å². The standard InChI is InChI=1S/C14H18N2OS/c15-10-6-7-12-13(8-10)17-14(16-12)9-18-11-4-2-1-3-5-11/h6-8,11H,1-5,9,15H2. The van der Waals surface area contributed by atoms with Crippen molar-refractivity contribution in [2.24, 2.45) is 0 Å². The van der Waals surface area contributed by atoms with Crippen molar-refractivity contribution < 1.29 is 4.42 Å². The predicted molar refractivity (Wildman–Crippen MR) is 76.6 cm³/mol. The van der Waals surface area contributed by atoms with Gasteiger partial charge in [0.25, 0.3) is 0 Å². The molecule has 0 unspecified atom stereocenters. The number of nitrogens with two attached hydrogens (primary N) is 1. The van der Waals surface area contributed by atoms with Gasteiger partial charge in [-0.25, -0.2) is 4.98 Å². The van der Waals surface area contributed by atoms with Crippen molar-refractivity contribution in [2.45, 2.75) is 43.1 Å². The topological polar surface area (TPSA) is 52.0 Å². The summed E-state index contributed by atoms with van der Waals surface area (Å²) in [5.74, 6) is 1.70. The number of oxazole rings is 1. The van der Waals surface area contributed by atoms with Crippen LogP contribution in [0.1, 0.15) is 38.0 Å². The van der Waals surface area contributed by atoms with Gasteiger partial charge in [0.15, 0.2) is 5.58 Å². The second kappa shape index (κ2) is 5.22. The zero-order valence-corrected chi connectivity index (χ0v) is 11.2. The first-order valence-electron chi connectivity index (χ1n) is 6.58. The van der Waals surface area contributed by atoms with Crippen molar-refractivity contribution in [3.63, 3.8) is 0 Å². The van der Waals surface area contributed by atoms with Gasteiger partial charge in [0.05, 0.1) is 5.75 Å². The molecule has 1 aromatic carbocycles. The quantitative estimate of drug-likeness (QED) is 0.850. The molecule has 0 radical (unpaired) electrons. The van der Waals surface area contributed by atoms with Gasteiger partial charge in [0, 0.05) is 17.0 Å². The maximum atomic E-state index is 5.73. The van der Waals surface area contributed by atoms with Crippen LogP contribution in [0.5, 0.6) is 0 Å². The highest BCUT2D eigenvalue weighted by atomic mass is 32.2. The highest BCUT2D eigenvalue weighted by molar-refractivity contribution is 7.99. The van der Waals surface area contributed by atoms with Crippen LogP contribution in [-0.2, 0) is 5.75 Å². The molecule has 0 bridgehead atoms. The number of nitrogens with zero attached hydrogens (tertiary/aromatic N) is 1. The first-order chi connectivity index (χ1) is 8.81. The number of anilines is 1. The fourth-order valence-electron chi connectivity index (χ4n) is 2.47. The van der Waals surface area contributed by atoms with Gasteiger partial charge in [-0.05, 0) is 25.0 Å².